The van der Waals surface area contributed by atoms with Crippen LogP contribution in [0, 0.1) is 6.92 Å². The number of methoxy groups -OCH3 is 1. The quantitative estimate of drug-likeness (QED) is 0.399. The van der Waals surface area contributed by atoms with E-state index in [0.717, 1.165) is 39.3 Å². The summed E-state index contributed by atoms with van der Waals surface area (Å²) >= 11 is 0. The topological polar surface area (TPSA) is 63.2 Å². The van der Waals surface area contributed by atoms with E-state index in [-0.39, 0.29) is 5.97 Å². The smallest absolute Gasteiger partial charge is 0.338 e. The summed E-state index contributed by atoms with van der Waals surface area (Å²) in [5.74, 6) is 0.473. The summed E-state index contributed by atoms with van der Waals surface area (Å²) in [6.07, 6.45) is 6.91. The molecule has 0 bridgehead atoms. The number of benzene rings is 2. The highest BCUT2D eigenvalue weighted by Gasteiger charge is 2.20. The van der Waals surface area contributed by atoms with E-state index in [1.807, 2.05) is 25.1 Å². The van der Waals surface area contributed by atoms with Crippen LogP contribution in [0.2, 0.25) is 0 Å². The summed E-state index contributed by atoms with van der Waals surface area (Å²) in [6.45, 7) is 6.13. The number of carbonyl (C=O) groups is 1. The van der Waals surface area contributed by atoms with Gasteiger partial charge in [0, 0.05) is 29.5 Å². The van der Waals surface area contributed by atoms with Crippen LogP contribution in [0.4, 0.5) is 11.5 Å². The van der Waals surface area contributed by atoms with Crippen LogP contribution in [0.5, 0.6) is 0 Å². The number of carbonyl (C=O) groups excluding carboxylic acids is 1. The van der Waals surface area contributed by atoms with Gasteiger partial charge >= 0.3 is 5.97 Å². The van der Waals surface area contributed by atoms with Gasteiger partial charge in [-0.05, 0) is 80.1 Å². The number of nitrogens with one attached hydrogen (secondary N) is 2. The number of aromatic nitrogens is 1. The number of rotatable bonds is 7. The van der Waals surface area contributed by atoms with Crippen LogP contribution in [-0.4, -0.2) is 30.1 Å². The zero-order valence-electron chi connectivity index (χ0n) is 19.9. The number of anilines is 2. The highest BCUT2D eigenvalue weighted by molar-refractivity contribution is 6.01. The Balaban J connectivity index is 1.66. The van der Waals surface area contributed by atoms with Crippen LogP contribution in [0.25, 0.3) is 22.3 Å². The van der Waals surface area contributed by atoms with Crippen molar-refractivity contribution in [2.24, 2.45) is 0 Å². The summed E-state index contributed by atoms with van der Waals surface area (Å²) in [7, 11) is 1.43. The van der Waals surface area contributed by atoms with Gasteiger partial charge in [-0.2, -0.15) is 0 Å². The Morgan fingerprint density at radius 3 is 2.24 bits per heavy atom. The van der Waals surface area contributed by atoms with E-state index in [1.165, 1.54) is 32.8 Å². The maximum atomic E-state index is 12.8. The fraction of sp³-hybridized carbons (Fsp3) is 0.357. The van der Waals surface area contributed by atoms with E-state index in [1.54, 1.807) is 6.20 Å². The van der Waals surface area contributed by atoms with Gasteiger partial charge in [0.1, 0.15) is 5.82 Å². The minimum Gasteiger partial charge on any atom is -0.465 e. The summed E-state index contributed by atoms with van der Waals surface area (Å²) in [4.78, 5) is 17.3. The maximum Gasteiger partial charge on any atom is 0.338 e. The van der Waals surface area contributed by atoms with Gasteiger partial charge in [0.05, 0.1) is 12.7 Å². The molecule has 2 N–H and O–H groups in total. The molecule has 4 rings (SSSR count). The lowest BCUT2D eigenvalue weighted by molar-refractivity contribution is 0.0601. The van der Waals surface area contributed by atoms with Crippen molar-refractivity contribution in [1.82, 2.24) is 4.98 Å². The van der Waals surface area contributed by atoms with Gasteiger partial charge in [0.15, 0.2) is 0 Å². The Morgan fingerprint density at radius 1 is 0.970 bits per heavy atom. The van der Waals surface area contributed by atoms with E-state index >= 15 is 0 Å². The molecule has 0 saturated heterocycles. The SMILES string of the molecule is COC(=O)c1c(-c2ccc(NC(C)C)nc2)ccc(-c2ccc(NC3CCCC3)cc2)c1C. The molecular weight excluding hydrogens is 410 g/mol. The molecule has 1 aliphatic rings. The third-order valence-corrected chi connectivity index (χ3v) is 6.29. The lowest BCUT2D eigenvalue weighted by Crippen LogP contribution is -2.14. The van der Waals surface area contributed by atoms with Gasteiger partial charge < -0.3 is 15.4 Å². The van der Waals surface area contributed by atoms with Crippen molar-refractivity contribution in [3.63, 3.8) is 0 Å². The Labute approximate surface area is 196 Å². The van der Waals surface area contributed by atoms with Crippen molar-refractivity contribution >= 4 is 17.5 Å². The summed E-state index contributed by atoms with van der Waals surface area (Å²) in [5, 5.41) is 6.93. The second kappa shape index (κ2) is 10.1. The minimum atomic E-state index is -0.340. The van der Waals surface area contributed by atoms with Gasteiger partial charge in [-0.15, -0.1) is 0 Å². The molecular formula is C28H33N3O2. The molecule has 5 nitrogen and oxygen atoms in total. The first-order valence-corrected chi connectivity index (χ1v) is 11.8. The summed E-state index contributed by atoms with van der Waals surface area (Å²) < 4.78 is 5.16. The predicted molar refractivity (Wildman–Crippen MR) is 136 cm³/mol. The standard InChI is InChI=1S/C28H33N3O2/c1-18(2)30-26-16-11-21(17-29-26)25-15-14-24(19(3)27(25)28(32)33-4)20-9-12-23(13-10-20)31-22-7-5-6-8-22/h9-18,22,31H,5-8H2,1-4H3,(H,29,30). The molecule has 1 aromatic heterocycles. The average molecular weight is 444 g/mol. The fourth-order valence-corrected chi connectivity index (χ4v) is 4.62. The molecule has 0 spiro atoms. The monoisotopic (exact) mass is 443 g/mol. The van der Waals surface area contributed by atoms with E-state index in [4.69, 9.17) is 4.74 Å². The molecule has 33 heavy (non-hydrogen) atoms. The number of pyridine rings is 1. The van der Waals surface area contributed by atoms with Crippen molar-refractivity contribution in [2.45, 2.75) is 58.5 Å². The molecule has 0 atom stereocenters. The molecule has 3 aromatic rings. The molecule has 1 fully saturated rings. The van der Waals surface area contributed by atoms with Crippen LogP contribution in [0.3, 0.4) is 0 Å². The third-order valence-electron chi connectivity index (χ3n) is 6.29. The maximum absolute atomic E-state index is 12.8. The van der Waals surface area contributed by atoms with Crippen molar-refractivity contribution in [3.8, 4) is 22.3 Å². The largest absolute Gasteiger partial charge is 0.465 e. The van der Waals surface area contributed by atoms with E-state index in [2.05, 4.69) is 59.8 Å². The van der Waals surface area contributed by atoms with E-state index in [9.17, 15) is 4.79 Å². The van der Waals surface area contributed by atoms with Gasteiger partial charge in [0.2, 0.25) is 0 Å². The molecule has 1 heterocycles. The first-order chi connectivity index (χ1) is 16.0. The molecule has 0 radical (unpaired) electrons. The lowest BCUT2D eigenvalue weighted by Gasteiger charge is -2.17. The molecule has 5 heteroatoms. The number of esters is 1. The second-order valence-electron chi connectivity index (χ2n) is 9.09. The van der Waals surface area contributed by atoms with Gasteiger partial charge in [-0.1, -0.05) is 37.1 Å². The van der Waals surface area contributed by atoms with Crippen molar-refractivity contribution in [3.05, 3.63) is 65.9 Å². The lowest BCUT2D eigenvalue weighted by atomic mass is 9.90. The van der Waals surface area contributed by atoms with E-state index < -0.39 is 0 Å². The van der Waals surface area contributed by atoms with E-state index in [0.29, 0.717) is 17.6 Å². The molecule has 0 aliphatic heterocycles. The van der Waals surface area contributed by atoms with Gasteiger partial charge in [0.25, 0.3) is 0 Å². The molecule has 0 unspecified atom stereocenters. The average Bonchev–Trinajstić information content (AvgIpc) is 3.32. The number of nitrogens with zero attached hydrogens (tertiary/aromatic N) is 1. The Bertz CT molecular complexity index is 1100. The highest BCUT2D eigenvalue weighted by Crippen LogP contribution is 2.34. The molecule has 172 valence electrons. The minimum absolute atomic E-state index is 0.301. The highest BCUT2D eigenvalue weighted by atomic mass is 16.5. The van der Waals surface area contributed by atoms with Crippen molar-refractivity contribution < 1.29 is 9.53 Å². The fourth-order valence-electron chi connectivity index (χ4n) is 4.62. The molecule has 2 aromatic carbocycles. The predicted octanol–water partition coefficient (Wildman–Crippen LogP) is 6.69. The molecule has 1 aliphatic carbocycles. The van der Waals surface area contributed by atoms with Gasteiger partial charge in [-0.3, -0.25) is 0 Å². The first-order valence-electron chi connectivity index (χ1n) is 11.8. The Kier molecular flexibility index (Phi) is 6.97. The normalized spacial score (nSPS) is 13.8. The van der Waals surface area contributed by atoms with Crippen molar-refractivity contribution in [2.75, 3.05) is 17.7 Å². The number of hydrogen-bond acceptors (Lipinski definition) is 5. The van der Waals surface area contributed by atoms with Crippen LogP contribution in [0.15, 0.2) is 54.7 Å². The van der Waals surface area contributed by atoms with Crippen LogP contribution >= 0.6 is 0 Å². The van der Waals surface area contributed by atoms with Crippen LogP contribution < -0.4 is 10.6 Å². The zero-order valence-corrected chi connectivity index (χ0v) is 19.9. The Hall–Kier alpha value is -3.34. The number of ether oxygens (including phenoxy) is 1. The number of hydrogen-bond donors (Lipinski definition) is 2. The Morgan fingerprint density at radius 2 is 1.64 bits per heavy atom. The zero-order chi connectivity index (χ0) is 23.4. The van der Waals surface area contributed by atoms with Gasteiger partial charge in [-0.25, -0.2) is 9.78 Å². The first kappa shape index (κ1) is 22.8. The molecule has 1 saturated carbocycles. The van der Waals surface area contributed by atoms with Crippen LogP contribution in [0.1, 0.15) is 55.5 Å². The molecule has 0 amide bonds. The summed E-state index contributed by atoms with van der Waals surface area (Å²) in [6, 6.07) is 17.4. The van der Waals surface area contributed by atoms with Crippen molar-refractivity contribution in [1.29, 1.82) is 0 Å². The third kappa shape index (κ3) is 5.19. The summed E-state index contributed by atoms with van der Waals surface area (Å²) in [5.41, 5.74) is 6.44. The second-order valence-corrected chi connectivity index (χ2v) is 9.09. The van der Waals surface area contributed by atoms with Crippen LogP contribution in [-0.2, 0) is 4.74 Å².